The van der Waals surface area contributed by atoms with Crippen LogP contribution in [0.2, 0.25) is 0 Å². The van der Waals surface area contributed by atoms with Crippen molar-refractivity contribution in [3.05, 3.63) is 0 Å². The molecule has 0 aliphatic heterocycles. The van der Waals surface area contributed by atoms with Crippen LogP contribution in [0.3, 0.4) is 0 Å². The van der Waals surface area contributed by atoms with Crippen LogP contribution in [0, 0.1) is 11.8 Å². The Balaban J connectivity index is 2.52. The predicted octanol–water partition coefficient (Wildman–Crippen LogP) is 0.00130. The van der Waals surface area contributed by atoms with Crippen molar-refractivity contribution in [2.75, 3.05) is 33.7 Å². The van der Waals surface area contributed by atoms with Gasteiger partial charge < -0.3 is 24.4 Å². The highest BCUT2D eigenvalue weighted by molar-refractivity contribution is 4.91. The molecule has 96 valence electrons. The molecule has 4 atom stereocenters. The molecule has 1 saturated carbocycles. The van der Waals surface area contributed by atoms with Crippen molar-refractivity contribution < 1.29 is 24.4 Å². The molecule has 0 unspecified atom stereocenters. The van der Waals surface area contributed by atoms with Crippen LogP contribution >= 0.6 is 0 Å². The Kier molecular flexibility index (Phi) is 6.23. The molecule has 0 saturated heterocycles. The average Bonchev–Trinajstić information content (AvgIpc) is 2.59. The number of aliphatic hydroxyl groups is 2. The third-order valence-electron chi connectivity index (χ3n) is 3.12. The fourth-order valence-electron chi connectivity index (χ4n) is 2.24. The highest BCUT2D eigenvalue weighted by Gasteiger charge is 2.42. The summed E-state index contributed by atoms with van der Waals surface area (Å²) in [5.41, 5.74) is 0. The van der Waals surface area contributed by atoms with Crippen LogP contribution in [0.4, 0.5) is 0 Å². The Morgan fingerprint density at radius 2 is 2.06 bits per heavy atom. The van der Waals surface area contributed by atoms with Crippen molar-refractivity contribution >= 4 is 0 Å². The van der Waals surface area contributed by atoms with E-state index in [9.17, 15) is 10.2 Å². The summed E-state index contributed by atoms with van der Waals surface area (Å²) in [7, 11) is 1.56. The topological polar surface area (TPSA) is 68.2 Å². The Morgan fingerprint density at radius 3 is 2.62 bits per heavy atom. The monoisotopic (exact) mass is 234 g/mol. The predicted molar refractivity (Wildman–Crippen MR) is 57.9 cm³/mol. The molecule has 5 heteroatoms. The third-order valence-corrected chi connectivity index (χ3v) is 3.12. The van der Waals surface area contributed by atoms with Crippen LogP contribution in [-0.2, 0) is 14.2 Å². The van der Waals surface area contributed by atoms with Crippen molar-refractivity contribution in [2.45, 2.75) is 25.6 Å². The highest BCUT2D eigenvalue weighted by Crippen LogP contribution is 2.34. The fraction of sp³-hybridized carbons (Fsp3) is 1.00. The van der Waals surface area contributed by atoms with E-state index in [4.69, 9.17) is 14.2 Å². The van der Waals surface area contributed by atoms with E-state index in [-0.39, 0.29) is 31.3 Å². The smallest absolute Gasteiger partial charge is 0.146 e. The molecule has 1 aliphatic rings. The molecule has 0 radical (unpaired) electrons. The molecule has 1 rings (SSSR count). The Morgan fingerprint density at radius 1 is 1.31 bits per heavy atom. The molecule has 16 heavy (non-hydrogen) atoms. The molecule has 0 amide bonds. The van der Waals surface area contributed by atoms with Gasteiger partial charge in [0.05, 0.1) is 18.8 Å². The molecule has 0 bridgehead atoms. The minimum absolute atomic E-state index is 0.0360. The largest absolute Gasteiger partial charge is 0.396 e. The lowest BCUT2D eigenvalue weighted by Gasteiger charge is -2.23. The van der Waals surface area contributed by atoms with Crippen molar-refractivity contribution in [1.29, 1.82) is 0 Å². The van der Waals surface area contributed by atoms with Gasteiger partial charge in [0.15, 0.2) is 0 Å². The second-order valence-electron chi connectivity index (χ2n) is 4.08. The summed E-state index contributed by atoms with van der Waals surface area (Å²) in [4.78, 5) is 0. The van der Waals surface area contributed by atoms with Crippen molar-refractivity contribution in [3.63, 3.8) is 0 Å². The fourth-order valence-corrected chi connectivity index (χ4v) is 2.24. The van der Waals surface area contributed by atoms with Gasteiger partial charge in [0.2, 0.25) is 0 Å². The normalized spacial score (nSPS) is 34.5. The molecule has 2 N–H and O–H groups in total. The molecule has 0 spiro atoms. The van der Waals surface area contributed by atoms with Crippen LogP contribution < -0.4 is 0 Å². The van der Waals surface area contributed by atoms with Gasteiger partial charge in [-0.1, -0.05) is 0 Å². The number of hydrogen-bond donors (Lipinski definition) is 2. The summed E-state index contributed by atoms with van der Waals surface area (Å²) in [6.45, 7) is 3.23. The molecule has 1 fully saturated rings. The number of rotatable bonds is 7. The van der Waals surface area contributed by atoms with Gasteiger partial charge in [-0.25, -0.2) is 0 Å². The lowest BCUT2D eigenvalue weighted by molar-refractivity contribution is -0.0985. The van der Waals surface area contributed by atoms with E-state index in [1.165, 1.54) is 0 Å². The van der Waals surface area contributed by atoms with Gasteiger partial charge in [0.25, 0.3) is 0 Å². The first-order valence-electron chi connectivity index (χ1n) is 5.71. The Labute approximate surface area is 96.3 Å². The van der Waals surface area contributed by atoms with Crippen LogP contribution in [0.15, 0.2) is 0 Å². The van der Waals surface area contributed by atoms with Crippen LogP contribution in [0.5, 0.6) is 0 Å². The van der Waals surface area contributed by atoms with Crippen LogP contribution in [0.25, 0.3) is 0 Å². The first-order chi connectivity index (χ1) is 7.74. The number of aliphatic hydroxyl groups excluding tert-OH is 2. The van der Waals surface area contributed by atoms with E-state index in [0.29, 0.717) is 19.6 Å². The summed E-state index contributed by atoms with van der Waals surface area (Å²) in [5.74, 6) is -0.122. The van der Waals surface area contributed by atoms with E-state index < -0.39 is 6.10 Å². The summed E-state index contributed by atoms with van der Waals surface area (Å²) < 4.78 is 15.7. The SMILES string of the molecule is CCOC[C@H]1[C@H](CO)[C@H](O)C[C@@H]1OCOC. The Hall–Kier alpha value is -0.200. The van der Waals surface area contributed by atoms with Gasteiger partial charge in [-0.3, -0.25) is 0 Å². The van der Waals surface area contributed by atoms with Gasteiger partial charge >= 0.3 is 0 Å². The first-order valence-corrected chi connectivity index (χ1v) is 5.71. The standard InChI is InChI=1S/C11H22O5/c1-3-15-6-9-8(5-12)10(13)4-11(9)16-7-14-2/h8-13H,3-7H2,1-2H3/t8-,9-,10+,11-/m0/s1. The van der Waals surface area contributed by atoms with Gasteiger partial charge in [0, 0.05) is 38.6 Å². The van der Waals surface area contributed by atoms with Gasteiger partial charge in [-0.05, 0) is 6.92 Å². The summed E-state index contributed by atoms with van der Waals surface area (Å²) in [6.07, 6.45) is -0.0808. The molecular weight excluding hydrogens is 212 g/mol. The maximum atomic E-state index is 9.79. The maximum Gasteiger partial charge on any atom is 0.146 e. The molecule has 0 aromatic carbocycles. The summed E-state index contributed by atoms with van der Waals surface area (Å²) in [5, 5.41) is 19.0. The van der Waals surface area contributed by atoms with Crippen molar-refractivity contribution in [1.82, 2.24) is 0 Å². The zero-order chi connectivity index (χ0) is 12.0. The van der Waals surface area contributed by atoms with Crippen LogP contribution in [0.1, 0.15) is 13.3 Å². The van der Waals surface area contributed by atoms with E-state index in [2.05, 4.69) is 0 Å². The lowest BCUT2D eigenvalue weighted by atomic mass is 9.95. The van der Waals surface area contributed by atoms with Gasteiger partial charge in [-0.15, -0.1) is 0 Å². The maximum absolute atomic E-state index is 9.79. The minimum Gasteiger partial charge on any atom is -0.396 e. The molecule has 5 nitrogen and oxygen atoms in total. The molecular formula is C11H22O5. The molecule has 1 aliphatic carbocycles. The van der Waals surface area contributed by atoms with Crippen molar-refractivity contribution in [2.24, 2.45) is 11.8 Å². The second kappa shape index (κ2) is 7.19. The molecule has 0 aromatic rings. The minimum atomic E-state index is -0.516. The molecule has 0 heterocycles. The first kappa shape index (κ1) is 13.9. The summed E-state index contributed by atoms with van der Waals surface area (Å²) >= 11 is 0. The Bertz CT molecular complexity index is 187. The highest BCUT2D eigenvalue weighted by atomic mass is 16.7. The van der Waals surface area contributed by atoms with E-state index in [0.717, 1.165) is 0 Å². The summed E-state index contributed by atoms with van der Waals surface area (Å²) in [6, 6.07) is 0. The second-order valence-corrected chi connectivity index (χ2v) is 4.08. The van der Waals surface area contributed by atoms with Gasteiger partial charge in [-0.2, -0.15) is 0 Å². The number of methoxy groups -OCH3 is 1. The lowest BCUT2D eigenvalue weighted by Crippen LogP contribution is -2.30. The van der Waals surface area contributed by atoms with Crippen LogP contribution in [-0.4, -0.2) is 56.1 Å². The average molecular weight is 234 g/mol. The number of hydrogen-bond acceptors (Lipinski definition) is 5. The van der Waals surface area contributed by atoms with E-state index in [1.54, 1.807) is 7.11 Å². The zero-order valence-electron chi connectivity index (χ0n) is 9.96. The van der Waals surface area contributed by atoms with E-state index in [1.807, 2.05) is 6.92 Å². The zero-order valence-corrected chi connectivity index (χ0v) is 9.96. The third kappa shape index (κ3) is 3.40. The van der Waals surface area contributed by atoms with Gasteiger partial charge in [0.1, 0.15) is 6.79 Å². The number of ether oxygens (including phenoxy) is 3. The van der Waals surface area contributed by atoms with Crippen molar-refractivity contribution in [3.8, 4) is 0 Å². The molecule has 0 aromatic heterocycles. The van der Waals surface area contributed by atoms with E-state index >= 15 is 0 Å². The quantitative estimate of drug-likeness (QED) is 0.607.